The zero-order valence-corrected chi connectivity index (χ0v) is 18.3. The number of rotatable bonds is 6. The van der Waals surface area contributed by atoms with Gasteiger partial charge >= 0.3 is 0 Å². The molecule has 3 rings (SSSR count). The SMILES string of the molecule is CCN1CCN(C(=O)CN(c2cc(Cl)ccc2C)S(=O)(=O)c2ccccc2)CC1. The molecule has 0 radical (unpaired) electrons. The van der Waals surface area contributed by atoms with Gasteiger partial charge in [0.2, 0.25) is 5.91 Å². The minimum atomic E-state index is -3.93. The number of halogens is 1. The van der Waals surface area contributed by atoms with Crippen LogP contribution in [0.15, 0.2) is 53.4 Å². The monoisotopic (exact) mass is 435 g/mol. The summed E-state index contributed by atoms with van der Waals surface area (Å²) in [6, 6.07) is 13.2. The number of anilines is 1. The van der Waals surface area contributed by atoms with Crippen molar-refractivity contribution in [2.24, 2.45) is 0 Å². The molecule has 1 fully saturated rings. The second kappa shape index (κ2) is 9.15. The second-order valence-corrected chi connectivity index (χ2v) is 9.37. The van der Waals surface area contributed by atoms with Gasteiger partial charge < -0.3 is 9.80 Å². The molecule has 8 heteroatoms. The number of carbonyl (C=O) groups is 1. The maximum Gasteiger partial charge on any atom is 0.264 e. The molecule has 156 valence electrons. The van der Waals surface area contributed by atoms with E-state index in [4.69, 9.17) is 11.6 Å². The smallest absolute Gasteiger partial charge is 0.264 e. The topological polar surface area (TPSA) is 60.9 Å². The number of likely N-dealkylation sites (N-methyl/N-ethyl adjacent to an activating group) is 1. The van der Waals surface area contributed by atoms with E-state index >= 15 is 0 Å². The van der Waals surface area contributed by atoms with E-state index in [-0.39, 0.29) is 17.3 Å². The van der Waals surface area contributed by atoms with Crippen LogP contribution in [-0.4, -0.2) is 63.4 Å². The van der Waals surface area contributed by atoms with Gasteiger partial charge in [-0.2, -0.15) is 0 Å². The summed E-state index contributed by atoms with van der Waals surface area (Å²) in [5.41, 5.74) is 1.15. The molecule has 1 aliphatic heterocycles. The quantitative estimate of drug-likeness (QED) is 0.699. The Hall–Kier alpha value is -2.09. The Morgan fingerprint density at radius 1 is 1.07 bits per heavy atom. The fourth-order valence-electron chi connectivity index (χ4n) is 3.41. The number of carbonyl (C=O) groups excluding carboxylic acids is 1. The lowest BCUT2D eigenvalue weighted by atomic mass is 10.2. The van der Waals surface area contributed by atoms with Gasteiger partial charge in [-0.3, -0.25) is 9.10 Å². The largest absolute Gasteiger partial charge is 0.339 e. The van der Waals surface area contributed by atoms with E-state index in [2.05, 4.69) is 11.8 Å². The van der Waals surface area contributed by atoms with Crippen molar-refractivity contribution < 1.29 is 13.2 Å². The summed E-state index contributed by atoms with van der Waals surface area (Å²) in [6.07, 6.45) is 0. The molecule has 0 aliphatic carbocycles. The highest BCUT2D eigenvalue weighted by Gasteiger charge is 2.31. The van der Waals surface area contributed by atoms with E-state index in [0.717, 1.165) is 25.2 Å². The van der Waals surface area contributed by atoms with Crippen LogP contribution in [-0.2, 0) is 14.8 Å². The van der Waals surface area contributed by atoms with Crippen LogP contribution in [0.3, 0.4) is 0 Å². The summed E-state index contributed by atoms with van der Waals surface area (Å²) < 4.78 is 28.0. The van der Waals surface area contributed by atoms with Crippen molar-refractivity contribution >= 4 is 33.2 Å². The lowest BCUT2D eigenvalue weighted by molar-refractivity contribution is -0.131. The van der Waals surface area contributed by atoms with Gasteiger partial charge in [-0.05, 0) is 43.3 Å². The molecular weight excluding hydrogens is 410 g/mol. The van der Waals surface area contributed by atoms with Gasteiger partial charge in [0.05, 0.1) is 10.6 Å². The van der Waals surface area contributed by atoms with Crippen molar-refractivity contribution in [3.8, 4) is 0 Å². The standard InChI is InChI=1S/C21H26ClN3O3S/c1-3-23-11-13-24(14-12-23)21(26)16-25(20-15-18(22)10-9-17(20)2)29(27,28)19-7-5-4-6-8-19/h4-10,15H,3,11-14,16H2,1-2H3. The van der Waals surface area contributed by atoms with Crippen LogP contribution in [0.25, 0.3) is 0 Å². The molecule has 1 amide bonds. The Morgan fingerprint density at radius 3 is 2.34 bits per heavy atom. The number of sulfonamides is 1. The zero-order chi connectivity index (χ0) is 21.0. The maximum atomic E-state index is 13.4. The van der Waals surface area contributed by atoms with Gasteiger partial charge in [0.1, 0.15) is 6.54 Å². The Bertz CT molecular complexity index is 958. The van der Waals surface area contributed by atoms with Crippen LogP contribution in [0.1, 0.15) is 12.5 Å². The van der Waals surface area contributed by atoms with Crippen molar-refractivity contribution in [2.75, 3.05) is 43.6 Å². The first kappa shape index (κ1) is 21.6. The van der Waals surface area contributed by atoms with Crippen molar-refractivity contribution in [1.29, 1.82) is 0 Å². The lowest BCUT2D eigenvalue weighted by Gasteiger charge is -2.35. The number of hydrogen-bond acceptors (Lipinski definition) is 4. The average Bonchev–Trinajstić information content (AvgIpc) is 2.74. The average molecular weight is 436 g/mol. The van der Waals surface area contributed by atoms with E-state index in [1.165, 1.54) is 16.4 Å². The number of nitrogens with zero attached hydrogens (tertiary/aromatic N) is 3. The molecule has 0 unspecified atom stereocenters. The minimum Gasteiger partial charge on any atom is -0.339 e. The second-order valence-electron chi connectivity index (χ2n) is 7.07. The zero-order valence-electron chi connectivity index (χ0n) is 16.7. The van der Waals surface area contributed by atoms with E-state index in [1.54, 1.807) is 41.3 Å². The molecule has 2 aromatic rings. The summed E-state index contributed by atoms with van der Waals surface area (Å²) in [5, 5.41) is 0.419. The number of aryl methyl sites for hydroxylation is 1. The molecule has 0 saturated carbocycles. The molecule has 6 nitrogen and oxygen atoms in total. The van der Waals surface area contributed by atoms with Crippen molar-refractivity contribution in [1.82, 2.24) is 9.80 Å². The van der Waals surface area contributed by atoms with Crippen molar-refractivity contribution in [3.05, 3.63) is 59.1 Å². The third kappa shape index (κ3) is 4.91. The first-order chi connectivity index (χ1) is 13.8. The Labute approximate surface area is 177 Å². The van der Waals surface area contributed by atoms with E-state index in [0.29, 0.717) is 23.8 Å². The van der Waals surface area contributed by atoms with Crippen LogP contribution in [0, 0.1) is 6.92 Å². The number of amides is 1. The highest BCUT2D eigenvalue weighted by molar-refractivity contribution is 7.92. The van der Waals surface area contributed by atoms with Gasteiger partial charge in [-0.1, -0.05) is 42.8 Å². The number of hydrogen-bond donors (Lipinski definition) is 0. The van der Waals surface area contributed by atoms with Crippen molar-refractivity contribution in [3.63, 3.8) is 0 Å². The first-order valence-electron chi connectivity index (χ1n) is 9.67. The van der Waals surface area contributed by atoms with Crippen LogP contribution in [0.2, 0.25) is 5.02 Å². The van der Waals surface area contributed by atoms with Gasteiger partial charge in [0.25, 0.3) is 10.0 Å². The Balaban J connectivity index is 1.94. The third-order valence-corrected chi connectivity index (χ3v) is 7.23. The van der Waals surface area contributed by atoms with Gasteiger partial charge in [0, 0.05) is 31.2 Å². The fraction of sp³-hybridized carbons (Fsp3) is 0.381. The highest BCUT2D eigenvalue weighted by atomic mass is 35.5. The summed E-state index contributed by atoms with van der Waals surface area (Å²) in [5.74, 6) is -0.209. The fourth-order valence-corrected chi connectivity index (χ4v) is 5.06. The molecular formula is C21H26ClN3O3S. The van der Waals surface area contributed by atoms with Crippen LogP contribution in [0.4, 0.5) is 5.69 Å². The molecule has 29 heavy (non-hydrogen) atoms. The van der Waals surface area contributed by atoms with E-state index in [9.17, 15) is 13.2 Å². The molecule has 0 bridgehead atoms. The summed E-state index contributed by atoms with van der Waals surface area (Å²) in [7, 11) is -3.93. The molecule has 1 heterocycles. The van der Waals surface area contributed by atoms with Gasteiger partial charge in [0.15, 0.2) is 0 Å². The highest BCUT2D eigenvalue weighted by Crippen LogP contribution is 2.29. The predicted octanol–water partition coefficient (Wildman–Crippen LogP) is 3.01. The molecule has 0 aromatic heterocycles. The van der Waals surface area contributed by atoms with Gasteiger partial charge in [-0.25, -0.2) is 8.42 Å². The number of piperazine rings is 1. The predicted molar refractivity (Wildman–Crippen MR) is 116 cm³/mol. The molecule has 1 aliphatic rings. The molecule has 0 atom stereocenters. The Kier molecular flexibility index (Phi) is 6.82. The molecule has 0 N–H and O–H groups in total. The van der Waals surface area contributed by atoms with Crippen LogP contribution in [0.5, 0.6) is 0 Å². The molecule has 2 aromatic carbocycles. The summed E-state index contributed by atoms with van der Waals surface area (Å²) in [6.45, 7) is 7.37. The van der Waals surface area contributed by atoms with Crippen LogP contribution < -0.4 is 4.31 Å². The maximum absolute atomic E-state index is 13.4. The summed E-state index contributed by atoms with van der Waals surface area (Å²) in [4.78, 5) is 17.2. The summed E-state index contributed by atoms with van der Waals surface area (Å²) >= 11 is 6.15. The molecule has 0 spiro atoms. The third-order valence-electron chi connectivity index (χ3n) is 5.22. The Morgan fingerprint density at radius 2 is 1.72 bits per heavy atom. The minimum absolute atomic E-state index is 0.142. The van der Waals surface area contributed by atoms with E-state index in [1.807, 2.05) is 6.92 Å². The molecule has 1 saturated heterocycles. The van der Waals surface area contributed by atoms with Crippen LogP contribution >= 0.6 is 11.6 Å². The van der Waals surface area contributed by atoms with E-state index < -0.39 is 10.0 Å². The lowest BCUT2D eigenvalue weighted by Crippen LogP contribution is -2.51. The van der Waals surface area contributed by atoms with Gasteiger partial charge in [-0.15, -0.1) is 0 Å². The van der Waals surface area contributed by atoms with Crippen molar-refractivity contribution in [2.45, 2.75) is 18.7 Å². The number of benzene rings is 2. The first-order valence-corrected chi connectivity index (χ1v) is 11.5. The normalized spacial score (nSPS) is 15.3.